The van der Waals surface area contributed by atoms with Gasteiger partial charge in [-0.2, -0.15) is 0 Å². The molecule has 1 aliphatic rings. The van der Waals surface area contributed by atoms with Gasteiger partial charge in [0.15, 0.2) is 0 Å². The molecule has 1 N–H and O–H groups in total. The van der Waals surface area contributed by atoms with Gasteiger partial charge in [-0.15, -0.1) is 0 Å². The van der Waals surface area contributed by atoms with E-state index in [1.807, 2.05) is 18.2 Å². The lowest BCUT2D eigenvalue weighted by atomic mass is 10.1. The molecule has 0 unspecified atom stereocenters. The van der Waals surface area contributed by atoms with Crippen molar-refractivity contribution in [2.45, 2.75) is 20.4 Å². The lowest BCUT2D eigenvalue weighted by Gasteiger charge is -2.04. The Hall–Kier alpha value is -3.97. The maximum absolute atomic E-state index is 12.7. The number of benzene rings is 3. The number of aryl methyl sites for hydroxylation is 1. The molecule has 0 amide bonds. The van der Waals surface area contributed by atoms with Gasteiger partial charge in [0.25, 0.3) is 0 Å². The largest absolute Gasteiger partial charge is 0.506 e. The van der Waals surface area contributed by atoms with Crippen molar-refractivity contribution >= 4 is 56.3 Å². The number of carbonyl (C=O) groups excluding carboxylic acids is 1. The number of aliphatic imine (C=N–C) groups is 1. The number of hydrogen-bond acceptors (Lipinski definition) is 6. The van der Waals surface area contributed by atoms with Gasteiger partial charge in [-0.05, 0) is 68.0 Å². The van der Waals surface area contributed by atoms with Gasteiger partial charge in [-0.25, -0.2) is 9.79 Å². The second kappa shape index (κ2) is 9.95. The van der Waals surface area contributed by atoms with Crippen molar-refractivity contribution in [2.75, 3.05) is 13.7 Å². The molecular formula is C29H26N2O4S. The lowest BCUT2D eigenvalue weighted by Crippen LogP contribution is -2.12. The number of nitrogens with zero attached hydrogens (tertiary/aromatic N) is 2. The van der Waals surface area contributed by atoms with Crippen LogP contribution >= 0.6 is 11.8 Å². The molecule has 7 heteroatoms. The van der Waals surface area contributed by atoms with Crippen LogP contribution in [-0.4, -0.2) is 34.4 Å². The summed E-state index contributed by atoms with van der Waals surface area (Å²) in [5, 5.41) is 13.8. The van der Waals surface area contributed by atoms with Crippen LogP contribution in [0.25, 0.3) is 27.9 Å². The molecule has 0 fully saturated rings. The van der Waals surface area contributed by atoms with Gasteiger partial charge in [-0.3, -0.25) is 0 Å². The van der Waals surface area contributed by atoms with Crippen molar-refractivity contribution in [3.05, 3.63) is 88.5 Å². The number of hydrogen-bond donors (Lipinski definition) is 1. The minimum absolute atomic E-state index is 0.0765. The molecule has 0 aliphatic carbocycles. The quantitative estimate of drug-likeness (QED) is 0.289. The molecule has 36 heavy (non-hydrogen) atoms. The van der Waals surface area contributed by atoms with Crippen molar-refractivity contribution in [1.29, 1.82) is 0 Å². The fourth-order valence-electron chi connectivity index (χ4n) is 4.42. The van der Waals surface area contributed by atoms with Gasteiger partial charge < -0.3 is 19.1 Å². The molecule has 1 aliphatic heterocycles. The topological polar surface area (TPSA) is 73.0 Å². The molecule has 0 atom stereocenters. The predicted molar refractivity (Wildman–Crippen MR) is 147 cm³/mol. The highest BCUT2D eigenvalue weighted by Gasteiger charge is 2.33. The highest BCUT2D eigenvalue weighted by molar-refractivity contribution is 8.18. The van der Waals surface area contributed by atoms with Gasteiger partial charge in [0.2, 0.25) is 0 Å². The average molecular weight is 499 g/mol. The SMILES string of the molecule is CCOC(=O)C1=C(O)C(=Cc2ccc3c(c2)c2ccccc2n3CC)SC1=Nc1ccc(OC)cc1. The number of aliphatic hydroxyl groups is 1. The van der Waals surface area contributed by atoms with Crippen LogP contribution in [0.4, 0.5) is 5.69 Å². The van der Waals surface area contributed by atoms with E-state index in [4.69, 9.17) is 9.47 Å². The van der Waals surface area contributed by atoms with E-state index in [0.717, 1.165) is 23.0 Å². The Morgan fingerprint density at radius 2 is 1.78 bits per heavy atom. The second-order valence-electron chi connectivity index (χ2n) is 8.21. The number of esters is 1. The molecule has 3 aromatic carbocycles. The van der Waals surface area contributed by atoms with Gasteiger partial charge in [0.05, 0.1) is 24.3 Å². The van der Waals surface area contributed by atoms with E-state index in [1.165, 1.54) is 22.7 Å². The number of fused-ring (bicyclic) bond motifs is 3. The maximum Gasteiger partial charge on any atom is 0.344 e. The predicted octanol–water partition coefficient (Wildman–Crippen LogP) is 7.02. The molecule has 0 saturated carbocycles. The van der Waals surface area contributed by atoms with Gasteiger partial charge in [-0.1, -0.05) is 36.0 Å². The Bertz CT molecular complexity index is 1560. The Morgan fingerprint density at radius 1 is 1.03 bits per heavy atom. The molecule has 0 radical (unpaired) electrons. The van der Waals surface area contributed by atoms with E-state index < -0.39 is 5.97 Å². The van der Waals surface area contributed by atoms with E-state index in [2.05, 4.69) is 46.8 Å². The first-order valence-corrected chi connectivity index (χ1v) is 12.6. The van der Waals surface area contributed by atoms with Crippen molar-refractivity contribution in [1.82, 2.24) is 4.57 Å². The summed E-state index contributed by atoms with van der Waals surface area (Å²) >= 11 is 1.25. The standard InChI is InChI=1S/C29H26N2O4S/c1-4-31-23-9-7-6-8-21(23)22-16-18(10-15-24(22)31)17-25-27(32)26(29(33)35-5-2)28(36-25)30-19-11-13-20(34-3)14-12-19/h6-17,32H,4-5H2,1-3H3. The minimum atomic E-state index is -0.598. The Labute approximate surface area is 213 Å². The molecule has 5 rings (SSSR count). The van der Waals surface area contributed by atoms with Gasteiger partial charge in [0, 0.05) is 28.4 Å². The zero-order chi connectivity index (χ0) is 25.2. The van der Waals surface area contributed by atoms with Crippen molar-refractivity contribution in [2.24, 2.45) is 4.99 Å². The summed E-state index contributed by atoms with van der Waals surface area (Å²) in [5.74, 6) is -0.0103. The summed E-state index contributed by atoms with van der Waals surface area (Å²) in [6, 6.07) is 21.8. The zero-order valence-corrected chi connectivity index (χ0v) is 21.1. The fourth-order valence-corrected chi connectivity index (χ4v) is 5.45. The Kier molecular flexibility index (Phi) is 6.57. The van der Waals surface area contributed by atoms with Crippen molar-refractivity contribution in [3.63, 3.8) is 0 Å². The lowest BCUT2D eigenvalue weighted by molar-refractivity contribution is -0.138. The minimum Gasteiger partial charge on any atom is -0.506 e. The first-order valence-electron chi connectivity index (χ1n) is 11.8. The smallest absolute Gasteiger partial charge is 0.344 e. The normalized spacial score (nSPS) is 16.0. The second-order valence-corrected chi connectivity index (χ2v) is 9.24. The van der Waals surface area contributed by atoms with Crippen LogP contribution in [-0.2, 0) is 16.1 Å². The summed E-state index contributed by atoms with van der Waals surface area (Å²) in [4.78, 5) is 17.9. The zero-order valence-electron chi connectivity index (χ0n) is 20.3. The van der Waals surface area contributed by atoms with Gasteiger partial charge in [0.1, 0.15) is 22.1 Å². The van der Waals surface area contributed by atoms with E-state index in [0.29, 0.717) is 21.4 Å². The third-order valence-corrected chi connectivity index (χ3v) is 7.10. The average Bonchev–Trinajstić information content (AvgIpc) is 3.38. The van der Waals surface area contributed by atoms with Crippen LogP contribution in [0.3, 0.4) is 0 Å². The van der Waals surface area contributed by atoms with Crippen LogP contribution in [0.5, 0.6) is 5.75 Å². The summed E-state index contributed by atoms with van der Waals surface area (Å²) < 4.78 is 12.7. The van der Waals surface area contributed by atoms with Crippen molar-refractivity contribution in [3.8, 4) is 5.75 Å². The first-order chi connectivity index (χ1) is 17.5. The van der Waals surface area contributed by atoms with Crippen LogP contribution in [0.1, 0.15) is 19.4 Å². The number of aliphatic hydroxyl groups excluding tert-OH is 1. The fraction of sp³-hybridized carbons (Fsp3) is 0.172. The van der Waals surface area contributed by atoms with Crippen LogP contribution < -0.4 is 4.74 Å². The highest BCUT2D eigenvalue weighted by atomic mass is 32.2. The molecular weight excluding hydrogens is 472 g/mol. The molecule has 2 heterocycles. The number of thioether (sulfide) groups is 1. The number of rotatable bonds is 6. The van der Waals surface area contributed by atoms with E-state index in [1.54, 1.807) is 38.3 Å². The third-order valence-electron chi connectivity index (χ3n) is 6.08. The number of carbonyl (C=O) groups is 1. The van der Waals surface area contributed by atoms with Crippen LogP contribution in [0.15, 0.2) is 88.0 Å². The third kappa shape index (κ3) is 4.27. The molecule has 182 valence electrons. The number of aromatic nitrogens is 1. The van der Waals surface area contributed by atoms with Crippen LogP contribution in [0, 0.1) is 0 Å². The highest BCUT2D eigenvalue weighted by Crippen LogP contribution is 2.41. The molecule has 0 saturated heterocycles. The number of ether oxygens (including phenoxy) is 2. The monoisotopic (exact) mass is 498 g/mol. The molecule has 6 nitrogen and oxygen atoms in total. The summed E-state index contributed by atoms with van der Waals surface area (Å²) in [6.07, 6.45) is 1.88. The first kappa shape index (κ1) is 23.8. The summed E-state index contributed by atoms with van der Waals surface area (Å²) in [6.45, 7) is 4.95. The van der Waals surface area contributed by atoms with E-state index in [-0.39, 0.29) is 17.9 Å². The Morgan fingerprint density at radius 3 is 2.50 bits per heavy atom. The number of methoxy groups -OCH3 is 1. The molecule has 1 aromatic heterocycles. The molecule has 0 bridgehead atoms. The number of para-hydroxylation sites is 1. The molecule has 4 aromatic rings. The summed E-state index contributed by atoms with van der Waals surface area (Å²) in [7, 11) is 1.60. The summed E-state index contributed by atoms with van der Waals surface area (Å²) in [5.41, 5.74) is 3.99. The Balaban J connectivity index is 1.58. The maximum atomic E-state index is 12.7. The van der Waals surface area contributed by atoms with Crippen molar-refractivity contribution < 1.29 is 19.4 Å². The van der Waals surface area contributed by atoms with Crippen LogP contribution in [0.2, 0.25) is 0 Å². The molecule has 0 spiro atoms. The van der Waals surface area contributed by atoms with E-state index in [9.17, 15) is 9.90 Å². The van der Waals surface area contributed by atoms with Gasteiger partial charge >= 0.3 is 5.97 Å². The van der Waals surface area contributed by atoms with E-state index >= 15 is 0 Å².